The summed E-state index contributed by atoms with van der Waals surface area (Å²) in [5.41, 5.74) is -0.830. The van der Waals surface area contributed by atoms with Crippen molar-refractivity contribution < 1.29 is 32.3 Å². The Morgan fingerprint density at radius 1 is 1.06 bits per heavy atom. The predicted octanol–water partition coefficient (Wildman–Crippen LogP) is 6.66. The molecular weight excluding hydrogens is 546 g/mol. The molecule has 6 nitrogen and oxygen atoms in total. The van der Waals surface area contributed by atoms with E-state index in [0.717, 1.165) is 17.0 Å². The van der Waals surface area contributed by atoms with Gasteiger partial charge in [0.2, 0.25) is 0 Å². The minimum atomic E-state index is -4.60. The molecule has 36 heavy (non-hydrogen) atoms. The second kappa shape index (κ2) is 9.91. The van der Waals surface area contributed by atoms with Crippen LogP contribution >= 0.6 is 15.9 Å². The molecule has 0 aliphatic carbocycles. The van der Waals surface area contributed by atoms with Crippen molar-refractivity contribution in [3.63, 3.8) is 0 Å². The van der Waals surface area contributed by atoms with Crippen molar-refractivity contribution in [1.29, 1.82) is 0 Å². The topological polar surface area (TPSA) is 64.1 Å². The summed E-state index contributed by atoms with van der Waals surface area (Å²) >= 11 is 3.08. The second-order valence-electron chi connectivity index (χ2n) is 10.0. The van der Waals surface area contributed by atoms with Gasteiger partial charge in [-0.1, -0.05) is 48.8 Å². The Hall–Kier alpha value is -2.82. The Kier molecular flexibility index (Phi) is 7.64. The maximum atomic E-state index is 13.6. The number of carboxylic acid groups (broad SMARTS) is 1. The molecular formula is C25H28BrF4N3O3. The van der Waals surface area contributed by atoms with Crippen molar-refractivity contribution in [2.24, 2.45) is 5.41 Å². The van der Waals surface area contributed by atoms with E-state index in [1.165, 1.54) is 42.1 Å². The van der Waals surface area contributed by atoms with Crippen LogP contribution in [0.4, 0.5) is 32.8 Å². The molecule has 2 aromatic carbocycles. The largest absolute Gasteiger partial charge is 0.465 e. The molecule has 11 heteroatoms. The van der Waals surface area contributed by atoms with Crippen LogP contribution in [0.25, 0.3) is 0 Å². The SMILES string of the molecule is CN(C(=O)N(C)[C@@H]1C(C(C)(C)C)N(C(=O)O)C[C@H]1c1ccc(F)cc1)c1cc(Br)cc(C(F)(F)F)c1. The number of hydrogen-bond donors (Lipinski definition) is 1. The van der Waals surface area contributed by atoms with Crippen LogP contribution < -0.4 is 4.90 Å². The molecule has 3 rings (SSSR count). The number of amides is 3. The van der Waals surface area contributed by atoms with Gasteiger partial charge >= 0.3 is 18.3 Å². The molecule has 0 spiro atoms. The number of anilines is 1. The third kappa shape index (κ3) is 5.61. The number of nitrogens with zero attached hydrogens (tertiary/aromatic N) is 3. The summed E-state index contributed by atoms with van der Waals surface area (Å²) in [5.74, 6) is -0.934. The average molecular weight is 574 g/mol. The van der Waals surface area contributed by atoms with Crippen LogP contribution in [0.5, 0.6) is 0 Å². The lowest BCUT2D eigenvalue weighted by Gasteiger charge is -2.42. The first kappa shape index (κ1) is 27.8. The van der Waals surface area contributed by atoms with Crippen LogP contribution in [0.15, 0.2) is 46.9 Å². The third-order valence-electron chi connectivity index (χ3n) is 6.53. The number of benzene rings is 2. The molecule has 3 amide bonds. The zero-order chi connectivity index (χ0) is 27.2. The van der Waals surface area contributed by atoms with E-state index in [4.69, 9.17) is 0 Å². The van der Waals surface area contributed by atoms with E-state index in [2.05, 4.69) is 15.9 Å². The molecule has 1 saturated heterocycles. The monoisotopic (exact) mass is 573 g/mol. The Balaban J connectivity index is 2.05. The number of rotatable bonds is 3. The predicted molar refractivity (Wildman–Crippen MR) is 132 cm³/mol. The minimum absolute atomic E-state index is 0.0206. The van der Waals surface area contributed by atoms with Gasteiger partial charge in [-0.25, -0.2) is 14.0 Å². The van der Waals surface area contributed by atoms with Crippen LogP contribution in [0, 0.1) is 11.2 Å². The van der Waals surface area contributed by atoms with Crippen molar-refractivity contribution in [1.82, 2.24) is 9.80 Å². The van der Waals surface area contributed by atoms with Crippen molar-refractivity contribution in [3.8, 4) is 0 Å². The van der Waals surface area contributed by atoms with Crippen LogP contribution in [-0.2, 0) is 6.18 Å². The summed E-state index contributed by atoms with van der Waals surface area (Å²) in [5, 5.41) is 9.96. The van der Waals surface area contributed by atoms with Crippen LogP contribution in [-0.4, -0.2) is 59.8 Å². The Bertz CT molecular complexity index is 1130. The number of alkyl halides is 3. The highest BCUT2D eigenvalue weighted by atomic mass is 79.9. The third-order valence-corrected chi connectivity index (χ3v) is 6.99. The Morgan fingerprint density at radius 2 is 1.64 bits per heavy atom. The van der Waals surface area contributed by atoms with E-state index in [9.17, 15) is 32.3 Å². The van der Waals surface area contributed by atoms with Crippen molar-refractivity contribution in [2.45, 2.75) is 44.9 Å². The molecule has 1 aliphatic heterocycles. The van der Waals surface area contributed by atoms with Crippen LogP contribution in [0.1, 0.15) is 37.8 Å². The van der Waals surface area contributed by atoms with Crippen LogP contribution in [0.2, 0.25) is 0 Å². The number of urea groups is 1. The molecule has 0 bridgehead atoms. The number of halogens is 5. The zero-order valence-electron chi connectivity index (χ0n) is 20.5. The summed E-state index contributed by atoms with van der Waals surface area (Å²) < 4.78 is 53.9. The average Bonchev–Trinajstić information content (AvgIpc) is 3.18. The van der Waals surface area contributed by atoms with Gasteiger partial charge in [0.05, 0.1) is 17.6 Å². The smallest absolute Gasteiger partial charge is 0.416 e. The second-order valence-corrected chi connectivity index (χ2v) is 11.0. The zero-order valence-corrected chi connectivity index (χ0v) is 22.1. The summed E-state index contributed by atoms with van der Waals surface area (Å²) in [6, 6.07) is 6.95. The van der Waals surface area contributed by atoms with Crippen molar-refractivity contribution in [2.75, 3.05) is 25.5 Å². The minimum Gasteiger partial charge on any atom is -0.465 e. The lowest BCUT2D eigenvalue weighted by molar-refractivity contribution is -0.137. The van der Waals surface area contributed by atoms with Gasteiger partial charge in [0.25, 0.3) is 0 Å². The number of hydrogen-bond acceptors (Lipinski definition) is 2. The normalized spacial score (nSPS) is 20.4. The quantitative estimate of drug-likeness (QED) is 0.418. The molecule has 0 radical (unpaired) electrons. The first-order valence-electron chi connectivity index (χ1n) is 11.2. The van der Waals surface area contributed by atoms with Gasteiger partial charge in [0, 0.05) is 36.7 Å². The highest BCUT2D eigenvalue weighted by Gasteiger charge is 2.52. The van der Waals surface area contributed by atoms with E-state index in [1.807, 2.05) is 20.8 Å². The van der Waals surface area contributed by atoms with E-state index in [0.29, 0.717) is 5.56 Å². The molecule has 1 aliphatic rings. The Labute approximate surface area is 215 Å². The van der Waals surface area contributed by atoms with Crippen molar-refractivity contribution in [3.05, 3.63) is 63.9 Å². The maximum absolute atomic E-state index is 13.6. The highest BCUT2D eigenvalue weighted by molar-refractivity contribution is 9.10. The summed E-state index contributed by atoms with van der Waals surface area (Å²) in [6.07, 6.45) is -5.76. The first-order chi connectivity index (χ1) is 16.5. The van der Waals surface area contributed by atoms with E-state index in [-0.39, 0.29) is 16.7 Å². The van der Waals surface area contributed by atoms with E-state index in [1.54, 1.807) is 12.1 Å². The Morgan fingerprint density at radius 3 is 2.14 bits per heavy atom. The number of likely N-dealkylation sites (N-methyl/N-ethyl adjacent to an activating group) is 1. The molecule has 1 N–H and O–H groups in total. The molecule has 0 aromatic heterocycles. The van der Waals surface area contributed by atoms with Gasteiger partial charge < -0.3 is 14.9 Å². The number of carbonyl (C=O) groups excluding carboxylic acids is 1. The molecule has 196 valence electrons. The fraction of sp³-hybridized carbons (Fsp3) is 0.440. The van der Waals surface area contributed by atoms with Gasteiger partial charge in [-0.15, -0.1) is 0 Å². The highest BCUT2D eigenvalue weighted by Crippen LogP contribution is 2.43. The number of carbonyl (C=O) groups is 2. The van der Waals surface area contributed by atoms with Gasteiger partial charge in [-0.2, -0.15) is 13.2 Å². The standard InChI is InChI=1S/C25H28BrF4N3O3/c1-24(2,3)21-20(19(13-33(21)23(35)36)14-6-8-17(27)9-7-14)32(5)22(34)31(4)18-11-15(25(28,29)30)10-16(26)12-18/h6-12,19-21H,13H2,1-5H3,(H,35,36)/t19-,20-,21?/m0/s1. The van der Waals surface area contributed by atoms with Crippen molar-refractivity contribution >= 4 is 33.7 Å². The van der Waals surface area contributed by atoms with Gasteiger partial charge in [0.15, 0.2) is 0 Å². The number of likely N-dealkylation sites (tertiary alicyclic amines) is 1. The molecule has 0 saturated carbocycles. The molecule has 3 atom stereocenters. The fourth-order valence-corrected chi connectivity index (χ4v) is 5.40. The summed E-state index contributed by atoms with van der Waals surface area (Å²) in [4.78, 5) is 29.6. The van der Waals surface area contributed by atoms with Gasteiger partial charge in [0.1, 0.15) is 5.82 Å². The van der Waals surface area contributed by atoms with E-state index >= 15 is 0 Å². The first-order valence-corrected chi connectivity index (χ1v) is 11.9. The molecule has 1 fully saturated rings. The lowest BCUT2D eigenvalue weighted by atomic mass is 9.78. The molecule has 2 aromatic rings. The summed E-state index contributed by atoms with van der Waals surface area (Å²) in [6.45, 7) is 5.66. The summed E-state index contributed by atoms with van der Waals surface area (Å²) in [7, 11) is 2.87. The molecule has 1 unspecified atom stereocenters. The van der Waals surface area contributed by atoms with Gasteiger partial charge in [-0.3, -0.25) is 4.90 Å². The van der Waals surface area contributed by atoms with Crippen LogP contribution in [0.3, 0.4) is 0 Å². The van der Waals surface area contributed by atoms with Gasteiger partial charge in [-0.05, 0) is 41.3 Å². The fourth-order valence-electron chi connectivity index (χ4n) is 4.92. The molecule has 1 heterocycles. The maximum Gasteiger partial charge on any atom is 0.416 e. The lowest BCUT2D eigenvalue weighted by Crippen LogP contribution is -2.56. The van der Waals surface area contributed by atoms with E-state index < -0.39 is 53.1 Å².